The lowest BCUT2D eigenvalue weighted by molar-refractivity contribution is -0.116. The molecule has 2 aromatic carbocycles. The van der Waals surface area contributed by atoms with Crippen LogP contribution in [0.5, 0.6) is 0 Å². The van der Waals surface area contributed by atoms with E-state index in [1.807, 2.05) is 30.3 Å². The highest BCUT2D eigenvalue weighted by atomic mass is 32.2. The molecule has 0 fully saturated rings. The number of nitrogens with one attached hydrogen (secondary N) is 2. The summed E-state index contributed by atoms with van der Waals surface area (Å²) >= 11 is 0. The number of H-pyrrole nitrogens is 1. The van der Waals surface area contributed by atoms with Crippen molar-refractivity contribution in [2.24, 2.45) is 0 Å². The zero-order valence-electron chi connectivity index (χ0n) is 18.3. The third-order valence-electron chi connectivity index (χ3n) is 5.04. The first-order valence-electron chi connectivity index (χ1n) is 10.1. The SMILES string of the molecule is Cc1nc(C)c(CCC(=O)Nc2ccc(S(=O)(=O)N(C)Cc3ccccc3)cc2)c(=O)[nH]1. The van der Waals surface area contributed by atoms with Crippen molar-refractivity contribution in [1.29, 1.82) is 0 Å². The van der Waals surface area contributed by atoms with Crippen LogP contribution in [0, 0.1) is 13.8 Å². The second-order valence-corrected chi connectivity index (χ2v) is 9.58. The second kappa shape index (κ2) is 9.88. The number of aromatic nitrogens is 2. The Labute approximate surface area is 187 Å². The van der Waals surface area contributed by atoms with Crippen molar-refractivity contribution in [1.82, 2.24) is 14.3 Å². The number of aromatic amines is 1. The number of benzene rings is 2. The normalized spacial score (nSPS) is 11.5. The molecule has 0 atom stereocenters. The van der Waals surface area contributed by atoms with Crippen LogP contribution in [0.2, 0.25) is 0 Å². The van der Waals surface area contributed by atoms with Gasteiger partial charge in [0.1, 0.15) is 5.82 Å². The largest absolute Gasteiger partial charge is 0.326 e. The molecule has 2 N–H and O–H groups in total. The van der Waals surface area contributed by atoms with Gasteiger partial charge in [0, 0.05) is 37.0 Å². The number of hydrogen-bond donors (Lipinski definition) is 2. The van der Waals surface area contributed by atoms with Crippen LogP contribution >= 0.6 is 0 Å². The van der Waals surface area contributed by atoms with Crippen LogP contribution in [0.15, 0.2) is 64.3 Å². The Morgan fingerprint density at radius 2 is 1.72 bits per heavy atom. The number of amides is 1. The Morgan fingerprint density at radius 3 is 2.34 bits per heavy atom. The number of hydrogen-bond acceptors (Lipinski definition) is 5. The summed E-state index contributed by atoms with van der Waals surface area (Å²) in [4.78, 5) is 31.3. The van der Waals surface area contributed by atoms with Crippen molar-refractivity contribution in [3.05, 3.63) is 87.6 Å². The van der Waals surface area contributed by atoms with E-state index in [0.717, 1.165) is 5.56 Å². The van der Waals surface area contributed by atoms with Gasteiger partial charge in [-0.2, -0.15) is 4.31 Å². The molecule has 1 aromatic heterocycles. The molecular formula is C23H26N4O4S. The Morgan fingerprint density at radius 1 is 1.06 bits per heavy atom. The first kappa shape index (κ1) is 23.4. The zero-order chi connectivity index (χ0) is 23.3. The monoisotopic (exact) mass is 454 g/mol. The van der Waals surface area contributed by atoms with Gasteiger partial charge in [-0.15, -0.1) is 0 Å². The highest BCUT2D eigenvalue weighted by Crippen LogP contribution is 2.19. The number of carbonyl (C=O) groups is 1. The van der Waals surface area contributed by atoms with Gasteiger partial charge in [0.15, 0.2) is 0 Å². The standard InChI is InChI=1S/C23H26N4O4S/c1-16-21(23(29)25-17(2)24-16)13-14-22(28)26-19-9-11-20(12-10-19)32(30,31)27(3)15-18-7-5-4-6-8-18/h4-12H,13-15H2,1-3H3,(H,26,28)(H,24,25,29). The fourth-order valence-corrected chi connectivity index (χ4v) is 4.48. The van der Waals surface area contributed by atoms with Crippen LogP contribution in [0.4, 0.5) is 5.69 Å². The van der Waals surface area contributed by atoms with E-state index >= 15 is 0 Å². The lowest BCUT2D eigenvalue weighted by Gasteiger charge is -2.17. The second-order valence-electron chi connectivity index (χ2n) is 7.53. The van der Waals surface area contributed by atoms with E-state index in [2.05, 4.69) is 15.3 Å². The summed E-state index contributed by atoms with van der Waals surface area (Å²) in [6.45, 7) is 3.70. The van der Waals surface area contributed by atoms with Crippen molar-refractivity contribution < 1.29 is 13.2 Å². The van der Waals surface area contributed by atoms with Crippen LogP contribution in [0.25, 0.3) is 0 Å². The molecule has 32 heavy (non-hydrogen) atoms. The van der Waals surface area contributed by atoms with Gasteiger partial charge >= 0.3 is 0 Å². The summed E-state index contributed by atoms with van der Waals surface area (Å²) in [5.41, 5.74) is 2.21. The summed E-state index contributed by atoms with van der Waals surface area (Å²) in [5, 5.41) is 2.73. The topological polar surface area (TPSA) is 112 Å². The molecule has 3 aromatic rings. The van der Waals surface area contributed by atoms with Gasteiger partial charge in [0.05, 0.1) is 4.90 Å². The minimum atomic E-state index is -3.67. The van der Waals surface area contributed by atoms with Crippen molar-refractivity contribution in [3.63, 3.8) is 0 Å². The van der Waals surface area contributed by atoms with Crippen LogP contribution < -0.4 is 10.9 Å². The highest BCUT2D eigenvalue weighted by molar-refractivity contribution is 7.89. The predicted molar refractivity (Wildman–Crippen MR) is 123 cm³/mol. The maximum Gasteiger partial charge on any atom is 0.254 e. The molecule has 0 saturated heterocycles. The molecule has 8 nitrogen and oxygen atoms in total. The molecule has 1 heterocycles. The Bertz CT molecular complexity index is 1250. The summed E-state index contributed by atoms with van der Waals surface area (Å²) in [6, 6.07) is 15.4. The van der Waals surface area contributed by atoms with Gasteiger partial charge in [0.2, 0.25) is 15.9 Å². The number of sulfonamides is 1. The summed E-state index contributed by atoms with van der Waals surface area (Å²) in [7, 11) is -2.14. The summed E-state index contributed by atoms with van der Waals surface area (Å²) in [6.07, 6.45) is 0.367. The maximum absolute atomic E-state index is 12.8. The predicted octanol–water partition coefficient (Wildman–Crippen LogP) is 2.78. The third kappa shape index (κ3) is 5.68. The van der Waals surface area contributed by atoms with Gasteiger partial charge in [-0.3, -0.25) is 9.59 Å². The average molecular weight is 455 g/mol. The fourth-order valence-electron chi connectivity index (χ4n) is 3.32. The molecule has 0 aliphatic rings. The molecule has 168 valence electrons. The smallest absolute Gasteiger partial charge is 0.254 e. The van der Waals surface area contributed by atoms with E-state index in [1.165, 1.54) is 23.5 Å². The molecule has 1 amide bonds. The highest BCUT2D eigenvalue weighted by Gasteiger charge is 2.21. The molecule has 3 rings (SSSR count). The summed E-state index contributed by atoms with van der Waals surface area (Å²) in [5.74, 6) is 0.256. The van der Waals surface area contributed by atoms with Gasteiger partial charge in [0.25, 0.3) is 5.56 Å². The van der Waals surface area contributed by atoms with Crippen molar-refractivity contribution in [2.75, 3.05) is 12.4 Å². The molecule has 0 bridgehead atoms. The van der Waals surface area contributed by atoms with Gasteiger partial charge in [-0.1, -0.05) is 30.3 Å². The average Bonchev–Trinajstić information content (AvgIpc) is 2.74. The number of anilines is 1. The van der Waals surface area contributed by atoms with E-state index in [1.54, 1.807) is 26.0 Å². The van der Waals surface area contributed by atoms with E-state index in [0.29, 0.717) is 22.8 Å². The molecule has 9 heteroatoms. The summed E-state index contributed by atoms with van der Waals surface area (Å²) < 4.78 is 26.9. The number of aryl methyl sites for hydroxylation is 2. The van der Waals surface area contributed by atoms with Crippen molar-refractivity contribution in [3.8, 4) is 0 Å². The Kier molecular flexibility index (Phi) is 7.22. The van der Waals surface area contributed by atoms with Crippen LogP contribution in [0.3, 0.4) is 0 Å². The minimum absolute atomic E-state index is 0.106. The lowest BCUT2D eigenvalue weighted by Crippen LogP contribution is -2.26. The van der Waals surface area contributed by atoms with Crippen LogP contribution in [-0.2, 0) is 27.8 Å². The van der Waals surface area contributed by atoms with Gasteiger partial charge in [-0.05, 0) is 50.1 Å². The molecule has 0 unspecified atom stereocenters. The van der Waals surface area contributed by atoms with Crippen LogP contribution in [-0.4, -0.2) is 35.6 Å². The van der Waals surface area contributed by atoms with E-state index in [9.17, 15) is 18.0 Å². The van der Waals surface area contributed by atoms with Crippen LogP contribution in [0.1, 0.15) is 29.1 Å². The fraction of sp³-hybridized carbons (Fsp3) is 0.261. The first-order chi connectivity index (χ1) is 15.2. The van der Waals surface area contributed by atoms with E-state index in [-0.39, 0.29) is 35.7 Å². The first-order valence-corrected chi connectivity index (χ1v) is 11.6. The number of carbonyl (C=O) groups excluding carboxylic acids is 1. The lowest BCUT2D eigenvalue weighted by atomic mass is 10.1. The molecule has 0 radical (unpaired) electrons. The molecular weight excluding hydrogens is 428 g/mol. The Balaban J connectivity index is 1.61. The molecule has 0 aliphatic heterocycles. The van der Waals surface area contributed by atoms with E-state index < -0.39 is 10.0 Å². The zero-order valence-corrected chi connectivity index (χ0v) is 19.1. The molecule has 0 spiro atoms. The molecule has 0 aliphatic carbocycles. The minimum Gasteiger partial charge on any atom is -0.326 e. The maximum atomic E-state index is 12.8. The quantitative estimate of drug-likeness (QED) is 0.544. The van der Waals surface area contributed by atoms with Crippen molar-refractivity contribution >= 4 is 21.6 Å². The number of rotatable bonds is 8. The van der Waals surface area contributed by atoms with E-state index in [4.69, 9.17) is 0 Å². The Hall–Kier alpha value is -3.30. The van der Waals surface area contributed by atoms with Gasteiger partial charge < -0.3 is 10.3 Å². The van der Waals surface area contributed by atoms with Crippen molar-refractivity contribution in [2.45, 2.75) is 38.1 Å². The molecule has 0 saturated carbocycles. The van der Waals surface area contributed by atoms with Gasteiger partial charge in [-0.25, -0.2) is 13.4 Å². The third-order valence-corrected chi connectivity index (χ3v) is 6.85. The number of nitrogens with zero attached hydrogens (tertiary/aromatic N) is 2.